The molecule has 3 fully saturated rings. The fraction of sp³-hybridized carbons (Fsp3) is 0.571. The van der Waals surface area contributed by atoms with Crippen molar-refractivity contribution in [3.05, 3.63) is 27.7 Å². The highest BCUT2D eigenvalue weighted by atomic mass is 79.9. The fourth-order valence-electron chi connectivity index (χ4n) is 5.39. The topological polar surface area (TPSA) is 66.5 Å². The van der Waals surface area contributed by atoms with Crippen LogP contribution < -0.4 is 5.32 Å². The molecule has 4 rings (SSSR count). The van der Waals surface area contributed by atoms with Crippen molar-refractivity contribution in [3.8, 4) is 0 Å². The number of likely N-dealkylation sites (tertiary alicyclic amines) is 1. The van der Waals surface area contributed by atoms with Gasteiger partial charge in [-0.25, -0.2) is 0 Å². The number of anilines is 1. The number of carbonyl (C=O) groups is 3. The molecule has 27 heavy (non-hydrogen) atoms. The molecule has 0 radical (unpaired) electrons. The van der Waals surface area contributed by atoms with E-state index in [0.717, 1.165) is 53.4 Å². The second-order valence-corrected chi connectivity index (χ2v) is 8.92. The van der Waals surface area contributed by atoms with Crippen molar-refractivity contribution in [2.24, 2.45) is 23.7 Å². The highest BCUT2D eigenvalue weighted by Crippen LogP contribution is 2.56. The predicted molar refractivity (Wildman–Crippen MR) is 106 cm³/mol. The largest absolute Gasteiger partial charge is 0.324 e. The maximum atomic E-state index is 12.8. The monoisotopic (exact) mass is 432 g/mol. The molecular weight excluding hydrogens is 408 g/mol. The summed E-state index contributed by atoms with van der Waals surface area (Å²) in [5.74, 6) is -0.216. The van der Waals surface area contributed by atoms with Gasteiger partial charge in [0.05, 0.1) is 11.8 Å². The van der Waals surface area contributed by atoms with Gasteiger partial charge >= 0.3 is 0 Å². The number of halogens is 1. The third kappa shape index (κ3) is 3.02. The Hall–Kier alpha value is -1.69. The van der Waals surface area contributed by atoms with Crippen molar-refractivity contribution >= 4 is 39.3 Å². The zero-order valence-electron chi connectivity index (χ0n) is 15.8. The van der Waals surface area contributed by atoms with Gasteiger partial charge < -0.3 is 5.32 Å². The van der Waals surface area contributed by atoms with Crippen LogP contribution in [0.4, 0.5) is 5.69 Å². The maximum absolute atomic E-state index is 12.8. The van der Waals surface area contributed by atoms with Crippen LogP contribution in [0, 0.1) is 23.7 Å². The van der Waals surface area contributed by atoms with Crippen molar-refractivity contribution in [1.82, 2.24) is 4.90 Å². The van der Waals surface area contributed by atoms with Gasteiger partial charge in [0.1, 0.15) is 6.54 Å². The molecule has 1 aliphatic heterocycles. The summed E-state index contributed by atoms with van der Waals surface area (Å²) in [5.41, 5.74) is 2.90. The highest BCUT2D eigenvalue weighted by Gasteiger charge is 2.60. The average molecular weight is 433 g/mol. The van der Waals surface area contributed by atoms with Gasteiger partial charge in [-0.05, 0) is 67.2 Å². The van der Waals surface area contributed by atoms with Gasteiger partial charge in [-0.1, -0.05) is 29.8 Å². The number of hydrogen-bond acceptors (Lipinski definition) is 3. The number of benzene rings is 1. The summed E-state index contributed by atoms with van der Waals surface area (Å²) in [6.45, 7) is 3.91. The molecule has 0 unspecified atom stereocenters. The molecule has 3 amide bonds. The molecule has 1 aromatic carbocycles. The molecule has 2 saturated carbocycles. The van der Waals surface area contributed by atoms with Gasteiger partial charge in [0.15, 0.2) is 0 Å². The summed E-state index contributed by atoms with van der Waals surface area (Å²) in [7, 11) is 0. The summed E-state index contributed by atoms with van der Waals surface area (Å²) in [6, 6.07) is 4.01. The summed E-state index contributed by atoms with van der Waals surface area (Å²) in [4.78, 5) is 39.5. The van der Waals surface area contributed by atoms with Crippen molar-refractivity contribution < 1.29 is 14.4 Å². The van der Waals surface area contributed by atoms with E-state index in [9.17, 15) is 14.4 Å². The Morgan fingerprint density at radius 3 is 2.07 bits per heavy atom. The van der Waals surface area contributed by atoms with Crippen LogP contribution in [0.2, 0.25) is 0 Å². The van der Waals surface area contributed by atoms with Crippen LogP contribution in [-0.2, 0) is 27.2 Å². The van der Waals surface area contributed by atoms with Gasteiger partial charge in [-0.3, -0.25) is 19.3 Å². The summed E-state index contributed by atoms with van der Waals surface area (Å²) < 4.78 is 0.988. The quantitative estimate of drug-likeness (QED) is 0.723. The molecule has 144 valence electrons. The second kappa shape index (κ2) is 7.04. The molecule has 4 atom stereocenters. The Morgan fingerprint density at radius 2 is 1.59 bits per heavy atom. The van der Waals surface area contributed by atoms with Gasteiger partial charge in [0.25, 0.3) is 0 Å². The molecule has 0 aromatic heterocycles. The number of aryl methyl sites for hydroxylation is 2. The highest BCUT2D eigenvalue weighted by molar-refractivity contribution is 9.10. The number of carbonyl (C=O) groups excluding carboxylic acids is 3. The first-order valence-corrected chi connectivity index (χ1v) is 10.7. The first-order valence-electron chi connectivity index (χ1n) is 9.90. The summed E-state index contributed by atoms with van der Waals surface area (Å²) >= 11 is 3.52. The molecule has 1 saturated heterocycles. The number of nitrogens with zero attached hydrogens (tertiary/aromatic N) is 1. The Kier molecular flexibility index (Phi) is 4.87. The molecule has 2 aliphatic carbocycles. The Balaban J connectivity index is 1.51. The lowest BCUT2D eigenvalue weighted by atomic mass is 9.81. The molecule has 1 heterocycles. The molecule has 6 heteroatoms. The molecule has 1 N–H and O–H groups in total. The lowest BCUT2D eigenvalue weighted by molar-refractivity contribution is -0.143. The van der Waals surface area contributed by atoms with Crippen LogP contribution >= 0.6 is 15.9 Å². The number of amides is 3. The normalized spacial score (nSPS) is 28.8. The number of hydrogen-bond donors (Lipinski definition) is 1. The van der Waals surface area contributed by atoms with Crippen LogP contribution in [0.1, 0.15) is 44.2 Å². The first-order chi connectivity index (χ1) is 12.9. The maximum Gasteiger partial charge on any atom is 0.244 e. The first kappa shape index (κ1) is 18.7. The minimum absolute atomic E-state index is 0.130. The van der Waals surface area contributed by atoms with Gasteiger partial charge in [0.2, 0.25) is 17.7 Å². The Labute approximate surface area is 168 Å². The van der Waals surface area contributed by atoms with E-state index in [1.165, 1.54) is 4.90 Å². The number of nitrogens with one attached hydrogen (secondary N) is 1. The predicted octanol–water partition coefficient (Wildman–Crippen LogP) is 3.54. The molecule has 5 nitrogen and oxygen atoms in total. The van der Waals surface area contributed by atoms with Crippen LogP contribution in [0.25, 0.3) is 0 Å². The van der Waals surface area contributed by atoms with E-state index in [4.69, 9.17) is 0 Å². The standard InChI is InChI=1S/C21H25BrN2O3/c1-3-11-8-15(22)9-12(4-2)19(11)23-16(25)10-24-20(26)17-13-5-6-14(7-13)18(17)21(24)27/h8-9,13-14,17-18H,3-7,10H2,1-2H3,(H,23,25)/t13-,14-,17-,18-/m0/s1. The van der Waals surface area contributed by atoms with Gasteiger partial charge in [-0.15, -0.1) is 0 Å². The molecular formula is C21H25BrN2O3. The molecule has 0 spiro atoms. The van der Waals surface area contributed by atoms with E-state index in [0.29, 0.717) is 11.8 Å². The second-order valence-electron chi connectivity index (χ2n) is 8.00. The third-order valence-electron chi connectivity index (χ3n) is 6.61. The van der Waals surface area contributed by atoms with Gasteiger partial charge in [-0.2, -0.15) is 0 Å². The molecule has 2 bridgehead atoms. The fourth-order valence-corrected chi connectivity index (χ4v) is 5.94. The third-order valence-corrected chi connectivity index (χ3v) is 7.07. The van der Waals surface area contributed by atoms with E-state index < -0.39 is 0 Å². The van der Waals surface area contributed by atoms with Crippen LogP contribution in [0.15, 0.2) is 16.6 Å². The van der Waals surface area contributed by atoms with Crippen LogP contribution in [-0.4, -0.2) is 29.2 Å². The summed E-state index contributed by atoms with van der Waals surface area (Å²) in [6.07, 6.45) is 4.67. The number of imide groups is 1. The average Bonchev–Trinajstić information content (AvgIpc) is 3.32. The van der Waals surface area contributed by atoms with Crippen LogP contribution in [0.3, 0.4) is 0 Å². The number of rotatable bonds is 5. The van der Waals surface area contributed by atoms with Crippen molar-refractivity contribution in [1.29, 1.82) is 0 Å². The zero-order valence-corrected chi connectivity index (χ0v) is 17.3. The van der Waals surface area contributed by atoms with E-state index in [1.54, 1.807) is 0 Å². The summed E-state index contributed by atoms with van der Waals surface area (Å²) in [5, 5.41) is 2.97. The lowest BCUT2D eigenvalue weighted by Gasteiger charge is -2.19. The smallest absolute Gasteiger partial charge is 0.244 e. The molecule has 1 aromatic rings. The minimum Gasteiger partial charge on any atom is -0.324 e. The van der Waals surface area contributed by atoms with Gasteiger partial charge in [0, 0.05) is 10.2 Å². The van der Waals surface area contributed by atoms with E-state index in [2.05, 4.69) is 21.2 Å². The SMILES string of the molecule is CCc1cc(Br)cc(CC)c1NC(=O)CN1C(=O)[C@H]2[C@H]3CC[C@@H](C3)[C@@H]2C1=O. The Bertz CT molecular complexity index is 769. The Morgan fingerprint density at radius 1 is 1.07 bits per heavy atom. The van der Waals surface area contributed by atoms with Crippen molar-refractivity contribution in [2.45, 2.75) is 46.0 Å². The lowest BCUT2D eigenvalue weighted by Crippen LogP contribution is -2.39. The molecule has 3 aliphatic rings. The van der Waals surface area contributed by atoms with Crippen LogP contribution in [0.5, 0.6) is 0 Å². The van der Waals surface area contributed by atoms with Crippen molar-refractivity contribution in [2.75, 3.05) is 11.9 Å². The van der Waals surface area contributed by atoms with E-state index in [1.807, 2.05) is 26.0 Å². The van der Waals surface area contributed by atoms with E-state index in [-0.39, 0.29) is 36.1 Å². The number of fused-ring (bicyclic) bond motifs is 5. The van der Waals surface area contributed by atoms with Crippen molar-refractivity contribution in [3.63, 3.8) is 0 Å². The minimum atomic E-state index is -0.296. The van der Waals surface area contributed by atoms with E-state index >= 15 is 0 Å². The zero-order chi connectivity index (χ0) is 19.3.